The average Bonchev–Trinajstić information content (AvgIpc) is 3.91. The van der Waals surface area contributed by atoms with Crippen LogP contribution in [0.4, 0.5) is 17.1 Å². The molecule has 4 heteroatoms. The van der Waals surface area contributed by atoms with Crippen molar-refractivity contribution in [2.75, 3.05) is 4.90 Å². The zero-order valence-electron chi connectivity index (χ0n) is 31.6. The molecule has 0 bridgehead atoms. The van der Waals surface area contributed by atoms with Gasteiger partial charge in [0.25, 0.3) is 0 Å². The molecule has 0 fully saturated rings. The molecular weight excluding hydrogens is 695 g/mol. The first-order valence-electron chi connectivity index (χ1n) is 19.7. The largest absolute Gasteiger partial charge is 0.439 e. The summed E-state index contributed by atoms with van der Waals surface area (Å²) < 4.78 is 11.2. The molecule has 12 rings (SSSR count). The number of para-hydroxylation sites is 5. The molecule has 57 heavy (non-hydrogen) atoms. The van der Waals surface area contributed by atoms with Crippen molar-refractivity contribution in [1.29, 1.82) is 0 Å². The molecule has 0 aliphatic carbocycles. The number of anilines is 3. The summed E-state index contributed by atoms with van der Waals surface area (Å²) in [7, 11) is 0. The van der Waals surface area contributed by atoms with Crippen LogP contribution in [0.1, 0.15) is 25.0 Å². The van der Waals surface area contributed by atoms with Gasteiger partial charge < -0.3 is 13.9 Å². The molecule has 3 aromatic heterocycles. The maximum Gasteiger partial charge on any atom is 0.213 e. The van der Waals surface area contributed by atoms with Gasteiger partial charge in [0.05, 0.1) is 33.3 Å². The third-order valence-corrected chi connectivity index (χ3v) is 12.3. The van der Waals surface area contributed by atoms with Crippen LogP contribution in [0.15, 0.2) is 192 Å². The van der Waals surface area contributed by atoms with Gasteiger partial charge in [-0.25, -0.2) is 0 Å². The molecule has 0 saturated heterocycles. The van der Waals surface area contributed by atoms with E-state index in [0.29, 0.717) is 0 Å². The van der Waals surface area contributed by atoms with Crippen LogP contribution >= 0.6 is 0 Å². The van der Waals surface area contributed by atoms with Gasteiger partial charge in [0.15, 0.2) is 0 Å². The van der Waals surface area contributed by atoms with Crippen molar-refractivity contribution in [3.05, 3.63) is 199 Å². The Bertz CT molecular complexity index is 3330. The lowest BCUT2D eigenvalue weighted by atomic mass is 9.73. The zero-order valence-corrected chi connectivity index (χ0v) is 31.6. The van der Waals surface area contributed by atoms with Crippen LogP contribution in [0.5, 0.6) is 0 Å². The fraction of sp³-hybridized carbons (Fsp3) is 0.0566. The summed E-state index contributed by atoms with van der Waals surface area (Å²) in [6, 6.07) is 68.1. The monoisotopic (exact) mass is 731 g/mol. The smallest absolute Gasteiger partial charge is 0.213 e. The SMILES string of the molecule is CC1(C)c2ccccc2N(c2ccc3c(c2)c2ccccc2n3-c2ccc(-c3ccc4oc5c(c4c3)c3ccccc3n5-c3ccccc3)cc2)c2ccccc21. The Morgan fingerprint density at radius 3 is 1.70 bits per heavy atom. The number of furan rings is 1. The van der Waals surface area contributed by atoms with Gasteiger partial charge in [0, 0.05) is 44.0 Å². The van der Waals surface area contributed by atoms with Gasteiger partial charge >= 0.3 is 0 Å². The van der Waals surface area contributed by atoms with Crippen molar-refractivity contribution in [2.45, 2.75) is 19.3 Å². The number of nitrogens with zero attached hydrogens (tertiary/aromatic N) is 3. The van der Waals surface area contributed by atoms with E-state index in [1.165, 1.54) is 49.7 Å². The topological polar surface area (TPSA) is 26.2 Å². The van der Waals surface area contributed by atoms with Gasteiger partial charge in [-0.05, 0) is 101 Å². The summed E-state index contributed by atoms with van der Waals surface area (Å²) in [6.45, 7) is 4.68. The maximum absolute atomic E-state index is 6.61. The van der Waals surface area contributed by atoms with Crippen LogP contribution in [0.2, 0.25) is 0 Å². The minimum Gasteiger partial charge on any atom is -0.439 e. The quantitative estimate of drug-likeness (QED) is 0.180. The fourth-order valence-corrected chi connectivity index (χ4v) is 9.63. The molecule has 0 spiro atoms. The van der Waals surface area contributed by atoms with Gasteiger partial charge in [-0.3, -0.25) is 4.57 Å². The van der Waals surface area contributed by atoms with E-state index in [4.69, 9.17) is 4.42 Å². The number of aromatic nitrogens is 2. The lowest BCUT2D eigenvalue weighted by Gasteiger charge is -2.42. The molecule has 0 N–H and O–H groups in total. The van der Waals surface area contributed by atoms with E-state index in [9.17, 15) is 0 Å². The van der Waals surface area contributed by atoms with Crippen LogP contribution in [0.3, 0.4) is 0 Å². The normalized spacial score (nSPS) is 13.5. The van der Waals surface area contributed by atoms with Gasteiger partial charge in [0.2, 0.25) is 5.71 Å². The Labute approximate surface area is 330 Å². The summed E-state index contributed by atoms with van der Waals surface area (Å²) in [5.41, 5.74) is 16.0. The van der Waals surface area contributed by atoms with Crippen molar-refractivity contribution in [2.24, 2.45) is 0 Å². The van der Waals surface area contributed by atoms with E-state index in [2.05, 4.69) is 216 Å². The maximum atomic E-state index is 6.61. The zero-order chi connectivity index (χ0) is 37.8. The Hall–Kier alpha value is -7.30. The first-order valence-corrected chi connectivity index (χ1v) is 19.7. The Morgan fingerprint density at radius 1 is 0.404 bits per heavy atom. The highest BCUT2D eigenvalue weighted by atomic mass is 16.3. The van der Waals surface area contributed by atoms with Gasteiger partial charge in [-0.1, -0.05) is 123 Å². The number of rotatable bonds is 4. The minimum atomic E-state index is -0.102. The van der Waals surface area contributed by atoms with E-state index < -0.39 is 0 Å². The number of fused-ring (bicyclic) bond motifs is 10. The molecule has 270 valence electrons. The van der Waals surface area contributed by atoms with Crippen LogP contribution in [-0.2, 0) is 5.41 Å². The van der Waals surface area contributed by atoms with Crippen LogP contribution < -0.4 is 4.90 Å². The van der Waals surface area contributed by atoms with Gasteiger partial charge in [0.1, 0.15) is 5.58 Å². The molecule has 0 amide bonds. The fourth-order valence-electron chi connectivity index (χ4n) is 9.63. The summed E-state index contributed by atoms with van der Waals surface area (Å²) in [6.07, 6.45) is 0. The second-order valence-corrected chi connectivity index (χ2v) is 15.8. The van der Waals surface area contributed by atoms with Gasteiger partial charge in [-0.15, -0.1) is 0 Å². The standard InChI is InChI=1S/C53H37N3O/c1-53(2)43-18-8-12-22-48(43)55(49-23-13-9-19-44(49)53)38-29-30-47-41(33-38)39-16-6-10-20-45(39)54(47)37-27-24-34(25-28-37)35-26-31-50-42(32-35)51-40-17-7-11-21-46(40)56(52(51)57-50)36-14-4-3-5-15-36/h3-33H,1-2H3. The molecule has 11 aromatic rings. The summed E-state index contributed by atoms with van der Waals surface area (Å²) in [4.78, 5) is 2.44. The Kier molecular flexibility index (Phi) is 6.65. The molecule has 8 aromatic carbocycles. The van der Waals surface area contributed by atoms with E-state index in [-0.39, 0.29) is 5.41 Å². The van der Waals surface area contributed by atoms with Crippen molar-refractivity contribution in [3.8, 4) is 22.5 Å². The Balaban J connectivity index is 0.970. The van der Waals surface area contributed by atoms with Crippen molar-refractivity contribution < 1.29 is 4.42 Å². The van der Waals surface area contributed by atoms with Crippen molar-refractivity contribution >= 4 is 71.8 Å². The minimum absolute atomic E-state index is 0.102. The first kappa shape index (κ1) is 32.0. The van der Waals surface area contributed by atoms with Crippen LogP contribution in [0, 0.1) is 0 Å². The van der Waals surface area contributed by atoms with E-state index >= 15 is 0 Å². The highest BCUT2D eigenvalue weighted by Crippen LogP contribution is 2.52. The molecular formula is C53H37N3O. The molecule has 0 radical (unpaired) electrons. The molecule has 0 atom stereocenters. The average molecular weight is 732 g/mol. The Morgan fingerprint density at radius 2 is 0.965 bits per heavy atom. The summed E-state index contributed by atoms with van der Waals surface area (Å²) in [5, 5.41) is 5.93. The summed E-state index contributed by atoms with van der Waals surface area (Å²) in [5.74, 6) is 0. The van der Waals surface area contributed by atoms with E-state index in [0.717, 1.165) is 55.8 Å². The number of hydrogen-bond acceptors (Lipinski definition) is 2. The molecule has 4 nitrogen and oxygen atoms in total. The van der Waals surface area contributed by atoms with Crippen molar-refractivity contribution in [3.63, 3.8) is 0 Å². The lowest BCUT2D eigenvalue weighted by molar-refractivity contribution is 0.632. The summed E-state index contributed by atoms with van der Waals surface area (Å²) >= 11 is 0. The van der Waals surface area contributed by atoms with E-state index in [1.54, 1.807) is 0 Å². The first-order chi connectivity index (χ1) is 28.0. The highest BCUT2D eigenvalue weighted by molar-refractivity contribution is 6.20. The molecule has 0 unspecified atom stereocenters. The third kappa shape index (κ3) is 4.55. The second kappa shape index (κ2) is 11.8. The predicted molar refractivity (Wildman–Crippen MR) is 237 cm³/mol. The third-order valence-electron chi connectivity index (χ3n) is 12.3. The number of benzene rings is 8. The second-order valence-electron chi connectivity index (χ2n) is 15.8. The van der Waals surface area contributed by atoms with Gasteiger partial charge in [-0.2, -0.15) is 0 Å². The number of hydrogen-bond donors (Lipinski definition) is 0. The van der Waals surface area contributed by atoms with Crippen LogP contribution in [0.25, 0.3) is 77.3 Å². The lowest BCUT2D eigenvalue weighted by Crippen LogP contribution is -2.30. The molecule has 1 aliphatic rings. The van der Waals surface area contributed by atoms with Crippen molar-refractivity contribution in [1.82, 2.24) is 9.13 Å². The predicted octanol–water partition coefficient (Wildman–Crippen LogP) is 14.4. The molecule has 4 heterocycles. The van der Waals surface area contributed by atoms with Crippen LogP contribution in [-0.4, -0.2) is 9.13 Å². The van der Waals surface area contributed by atoms with E-state index in [1.807, 2.05) is 0 Å². The molecule has 1 aliphatic heterocycles. The highest BCUT2D eigenvalue weighted by Gasteiger charge is 2.36. The molecule has 0 saturated carbocycles.